The van der Waals surface area contributed by atoms with Gasteiger partial charge in [-0.05, 0) is 5.92 Å². The normalized spacial score (nSPS) is 23.3. The molecular formula is C9H15N4O4P. The van der Waals surface area contributed by atoms with Crippen molar-refractivity contribution in [3.63, 3.8) is 0 Å². The topological polar surface area (TPSA) is 130 Å². The van der Waals surface area contributed by atoms with Crippen LogP contribution >= 0.6 is 7.60 Å². The number of hydrogen-bond acceptors (Lipinski definition) is 4. The van der Waals surface area contributed by atoms with Crippen LogP contribution in [0, 0.1) is 5.92 Å². The smallest absolute Gasteiger partial charge is 0.327 e. The van der Waals surface area contributed by atoms with Crippen LogP contribution in [0.4, 0.5) is 5.95 Å². The number of rotatable bonds is 3. The Morgan fingerprint density at radius 3 is 2.94 bits per heavy atom. The van der Waals surface area contributed by atoms with Gasteiger partial charge in [-0.2, -0.15) is 0 Å². The number of hydrogen-bond donors (Lipinski definition) is 4. The number of anilines is 1. The predicted molar refractivity (Wildman–Crippen MR) is 64.3 cm³/mol. The van der Waals surface area contributed by atoms with Crippen molar-refractivity contribution in [2.24, 2.45) is 11.7 Å². The van der Waals surface area contributed by atoms with Gasteiger partial charge < -0.3 is 25.4 Å². The highest BCUT2D eigenvalue weighted by atomic mass is 31.2. The third kappa shape index (κ3) is 2.55. The average molecular weight is 274 g/mol. The number of nitrogens with zero attached hydrogens (tertiary/aromatic N) is 2. The van der Waals surface area contributed by atoms with E-state index in [9.17, 15) is 9.36 Å². The molecule has 1 aliphatic rings. The number of nitrogens with two attached hydrogens (primary N) is 1. The van der Waals surface area contributed by atoms with Crippen LogP contribution in [-0.2, 0) is 4.57 Å². The molecule has 100 valence electrons. The number of carbonyl (C=O) groups is 1. The lowest BCUT2D eigenvalue weighted by molar-refractivity contribution is 0.0996. The van der Waals surface area contributed by atoms with Crippen LogP contribution in [0.25, 0.3) is 0 Å². The highest BCUT2D eigenvalue weighted by molar-refractivity contribution is 7.51. The summed E-state index contributed by atoms with van der Waals surface area (Å²) in [5.74, 6) is -0.235. The molecule has 0 spiro atoms. The fraction of sp³-hybridized carbons (Fsp3) is 0.556. The Balaban J connectivity index is 2.37. The van der Waals surface area contributed by atoms with Crippen LogP contribution in [0.3, 0.4) is 0 Å². The van der Waals surface area contributed by atoms with E-state index in [1.165, 1.54) is 6.20 Å². The molecule has 2 heterocycles. The largest absolute Gasteiger partial charge is 0.364 e. The molecule has 2 atom stereocenters. The first kappa shape index (κ1) is 13.1. The minimum atomic E-state index is -4.13. The summed E-state index contributed by atoms with van der Waals surface area (Å²) < 4.78 is 12.7. The quantitative estimate of drug-likeness (QED) is 0.563. The van der Waals surface area contributed by atoms with Gasteiger partial charge in [0.15, 0.2) is 0 Å². The van der Waals surface area contributed by atoms with E-state index in [0.717, 1.165) is 0 Å². The molecule has 8 nitrogen and oxygen atoms in total. The molecule has 0 saturated heterocycles. The second-order valence-corrected chi connectivity index (χ2v) is 6.19. The summed E-state index contributed by atoms with van der Waals surface area (Å²) >= 11 is 0. The first-order valence-corrected chi connectivity index (χ1v) is 7.25. The van der Waals surface area contributed by atoms with Crippen molar-refractivity contribution in [1.82, 2.24) is 9.55 Å². The number of carbonyl (C=O) groups excluding carboxylic acids is 1. The minimum Gasteiger partial charge on any atom is -0.364 e. The van der Waals surface area contributed by atoms with Crippen molar-refractivity contribution in [1.29, 1.82) is 0 Å². The van der Waals surface area contributed by atoms with Gasteiger partial charge in [0, 0.05) is 12.7 Å². The van der Waals surface area contributed by atoms with Crippen molar-refractivity contribution >= 4 is 19.5 Å². The molecule has 1 aromatic heterocycles. The molecule has 0 saturated carbocycles. The lowest BCUT2D eigenvalue weighted by Crippen LogP contribution is -2.32. The number of amides is 1. The van der Waals surface area contributed by atoms with E-state index in [1.54, 1.807) is 4.57 Å². The van der Waals surface area contributed by atoms with Gasteiger partial charge in [0.25, 0.3) is 5.91 Å². The van der Waals surface area contributed by atoms with Gasteiger partial charge in [-0.15, -0.1) is 0 Å². The van der Waals surface area contributed by atoms with Gasteiger partial charge in [0.1, 0.15) is 5.69 Å². The van der Waals surface area contributed by atoms with Gasteiger partial charge >= 0.3 is 7.60 Å². The predicted octanol–water partition coefficient (Wildman–Crippen LogP) is -0.238. The Bertz CT molecular complexity index is 523. The van der Waals surface area contributed by atoms with Crippen LogP contribution in [0.1, 0.15) is 23.5 Å². The standard InChI is InChI=1S/C9H15N4O4P/c1-5-2-11-9-12-6(8(10)14)3-13(9)7(5)4-18(15,16)17/h3,5,7H,2,4H2,1H3,(H2,10,14)(H,11,12)(H2,15,16,17). The lowest BCUT2D eigenvalue weighted by Gasteiger charge is -2.31. The first-order chi connectivity index (χ1) is 8.28. The van der Waals surface area contributed by atoms with Gasteiger partial charge in [-0.25, -0.2) is 4.98 Å². The summed E-state index contributed by atoms with van der Waals surface area (Å²) in [6.45, 7) is 2.42. The Labute approximate surface area is 103 Å². The average Bonchev–Trinajstić information content (AvgIpc) is 2.65. The molecule has 0 aliphatic carbocycles. The second-order valence-electron chi connectivity index (χ2n) is 4.49. The van der Waals surface area contributed by atoms with Gasteiger partial charge in [-0.3, -0.25) is 9.36 Å². The van der Waals surface area contributed by atoms with E-state index >= 15 is 0 Å². The van der Waals surface area contributed by atoms with Crippen LogP contribution < -0.4 is 11.1 Å². The molecular weight excluding hydrogens is 259 g/mol. The lowest BCUT2D eigenvalue weighted by atomic mass is 10.0. The summed E-state index contributed by atoms with van der Waals surface area (Å²) in [5.41, 5.74) is 5.22. The molecule has 0 bridgehead atoms. The number of aromatic nitrogens is 2. The summed E-state index contributed by atoms with van der Waals surface area (Å²) in [5, 5.41) is 2.99. The fourth-order valence-corrected chi connectivity index (χ4v) is 3.09. The summed E-state index contributed by atoms with van der Waals surface area (Å²) in [6, 6.07) is -0.400. The molecule has 18 heavy (non-hydrogen) atoms. The molecule has 1 amide bonds. The van der Waals surface area contributed by atoms with Crippen molar-refractivity contribution in [3.05, 3.63) is 11.9 Å². The first-order valence-electron chi connectivity index (χ1n) is 5.45. The third-order valence-corrected chi connectivity index (χ3v) is 3.86. The molecule has 0 fully saturated rings. The van der Waals surface area contributed by atoms with E-state index in [4.69, 9.17) is 15.5 Å². The van der Waals surface area contributed by atoms with Crippen LogP contribution in [0.15, 0.2) is 6.20 Å². The van der Waals surface area contributed by atoms with Crippen LogP contribution in [-0.4, -0.2) is 38.0 Å². The molecule has 2 unspecified atom stereocenters. The van der Waals surface area contributed by atoms with E-state index in [2.05, 4.69) is 10.3 Å². The maximum atomic E-state index is 11.1. The molecule has 0 aromatic carbocycles. The van der Waals surface area contributed by atoms with Gasteiger partial charge in [0.2, 0.25) is 5.95 Å². The number of fused-ring (bicyclic) bond motifs is 1. The zero-order chi connectivity index (χ0) is 13.5. The van der Waals surface area contributed by atoms with E-state index < -0.39 is 19.5 Å². The highest BCUT2D eigenvalue weighted by Crippen LogP contribution is 2.42. The summed E-state index contributed by atoms with van der Waals surface area (Å²) in [6.07, 6.45) is 1.15. The summed E-state index contributed by atoms with van der Waals surface area (Å²) in [7, 11) is -4.13. The molecule has 5 N–H and O–H groups in total. The Morgan fingerprint density at radius 1 is 1.72 bits per heavy atom. The Hall–Kier alpha value is -1.37. The number of nitrogens with one attached hydrogen (secondary N) is 1. The SMILES string of the molecule is CC1CNc2nc(C(N)=O)cn2C1CP(=O)(O)O. The van der Waals surface area contributed by atoms with E-state index in [1.807, 2.05) is 6.92 Å². The van der Waals surface area contributed by atoms with Crippen LogP contribution in [0.2, 0.25) is 0 Å². The molecule has 9 heteroatoms. The zero-order valence-electron chi connectivity index (χ0n) is 9.78. The molecule has 0 radical (unpaired) electrons. The highest BCUT2D eigenvalue weighted by Gasteiger charge is 2.33. The van der Waals surface area contributed by atoms with Gasteiger partial charge in [-0.1, -0.05) is 6.92 Å². The van der Waals surface area contributed by atoms with Crippen molar-refractivity contribution in [2.75, 3.05) is 18.0 Å². The van der Waals surface area contributed by atoms with Gasteiger partial charge in [0.05, 0.1) is 12.2 Å². The number of imidazole rings is 1. The zero-order valence-corrected chi connectivity index (χ0v) is 10.7. The summed E-state index contributed by atoms with van der Waals surface area (Å²) in [4.78, 5) is 33.2. The van der Waals surface area contributed by atoms with Crippen LogP contribution in [0.5, 0.6) is 0 Å². The maximum Gasteiger partial charge on any atom is 0.327 e. The van der Waals surface area contributed by atoms with Crippen molar-refractivity contribution in [2.45, 2.75) is 13.0 Å². The third-order valence-electron chi connectivity index (χ3n) is 3.01. The number of primary amides is 1. The molecule has 2 rings (SSSR count). The second kappa shape index (κ2) is 4.38. The van der Waals surface area contributed by atoms with E-state index in [-0.39, 0.29) is 17.8 Å². The minimum absolute atomic E-state index is 0.0139. The maximum absolute atomic E-state index is 11.1. The molecule has 1 aromatic rings. The Morgan fingerprint density at radius 2 is 2.39 bits per heavy atom. The monoisotopic (exact) mass is 274 g/mol. The van der Waals surface area contributed by atoms with Crippen molar-refractivity contribution < 1.29 is 19.1 Å². The fourth-order valence-electron chi connectivity index (χ4n) is 2.07. The molecule has 1 aliphatic heterocycles. The Kier molecular flexibility index (Phi) is 3.18. The van der Waals surface area contributed by atoms with Crippen molar-refractivity contribution in [3.8, 4) is 0 Å². The van der Waals surface area contributed by atoms with E-state index in [0.29, 0.717) is 12.5 Å².